The van der Waals surface area contributed by atoms with E-state index in [9.17, 15) is 8.42 Å². The van der Waals surface area contributed by atoms with Gasteiger partial charge in [-0.15, -0.1) is 0 Å². The van der Waals surface area contributed by atoms with E-state index in [1.54, 1.807) is 30.3 Å². The molecule has 3 nitrogen and oxygen atoms in total. The third kappa shape index (κ3) is 1.40. The average Bonchev–Trinajstić information content (AvgIpc) is 2.98. The molecule has 0 saturated heterocycles. The zero-order valence-corrected chi connectivity index (χ0v) is 8.24. The second kappa shape index (κ2) is 3.10. The minimum atomic E-state index is -3.25. The molecule has 2 rings (SSSR count). The van der Waals surface area contributed by atoms with E-state index in [1.807, 2.05) is 6.07 Å². The van der Waals surface area contributed by atoms with Gasteiger partial charge in [0.25, 0.3) is 0 Å². The van der Waals surface area contributed by atoms with Crippen LogP contribution >= 0.6 is 0 Å². The van der Waals surface area contributed by atoms with Crippen molar-refractivity contribution in [1.82, 2.24) is 0 Å². The number of nitriles is 1. The van der Waals surface area contributed by atoms with Crippen LogP contribution in [0.4, 0.5) is 0 Å². The molecule has 1 fully saturated rings. The lowest BCUT2D eigenvalue weighted by molar-refractivity contribution is 0.594. The molecule has 1 aromatic carbocycles. The van der Waals surface area contributed by atoms with Gasteiger partial charge >= 0.3 is 0 Å². The van der Waals surface area contributed by atoms with Crippen LogP contribution in [0.15, 0.2) is 35.2 Å². The Hall–Kier alpha value is -1.34. The second-order valence-electron chi connectivity index (χ2n) is 3.37. The first kappa shape index (κ1) is 9.22. The molecule has 0 heterocycles. The number of hydrogen-bond acceptors (Lipinski definition) is 3. The molecule has 1 saturated carbocycles. The van der Waals surface area contributed by atoms with Gasteiger partial charge in [-0.1, -0.05) is 18.2 Å². The Kier molecular flexibility index (Phi) is 2.05. The molecule has 0 amide bonds. The molecule has 0 unspecified atom stereocenters. The summed E-state index contributed by atoms with van der Waals surface area (Å²) < 4.78 is 23.6. The first-order chi connectivity index (χ1) is 6.66. The van der Waals surface area contributed by atoms with Crippen molar-refractivity contribution in [3.63, 3.8) is 0 Å². The highest BCUT2D eigenvalue weighted by molar-refractivity contribution is 7.92. The van der Waals surface area contributed by atoms with Crippen molar-refractivity contribution in [3.8, 4) is 6.07 Å². The van der Waals surface area contributed by atoms with Gasteiger partial charge in [-0.05, 0) is 18.6 Å². The SMILES string of the molecule is N#C[C@@H]1C[C@H]1S(=O)(=O)c1ccccc1. The summed E-state index contributed by atoms with van der Waals surface area (Å²) in [6.07, 6.45) is 0.480. The number of benzene rings is 1. The first-order valence-corrected chi connectivity index (χ1v) is 5.89. The maximum Gasteiger partial charge on any atom is 0.182 e. The van der Waals surface area contributed by atoms with E-state index in [0.29, 0.717) is 11.3 Å². The molecule has 1 aliphatic carbocycles. The molecule has 4 heteroatoms. The van der Waals surface area contributed by atoms with Crippen molar-refractivity contribution < 1.29 is 8.42 Å². The van der Waals surface area contributed by atoms with E-state index in [4.69, 9.17) is 5.26 Å². The minimum Gasteiger partial charge on any atom is -0.223 e. The summed E-state index contributed by atoms with van der Waals surface area (Å²) in [5, 5.41) is 8.10. The maximum atomic E-state index is 11.8. The van der Waals surface area contributed by atoms with Crippen LogP contribution in [-0.2, 0) is 9.84 Å². The van der Waals surface area contributed by atoms with Gasteiger partial charge < -0.3 is 0 Å². The van der Waals surface area contributed by atoms with Gasteiger partial charge in [-0.25, -0.2) is 8.42 Å². The quantitative estimate of drug-likeness (QED) is 0.736. The third-order valence-corrected chi connectivity index (χ3v) is 4.62. The molecule has 0 spiro atoms. The molecule has 0 N–H and O–H groups in total. The predicted molar refractivity (Wildman–Crippen MR) is 51.1 cm³/mol. The van der Waals surface area contributed by atoms with Crippen LogP contribution in [0.3, 0.4) is 0 Å². The second-order valence-corrected chi connectivity index (χ2v) is 5.53. The lowest BCUT2D eigenvalue weighted by atomic mass is 10.4. The lowest BCUT2D eigenvalue weighted by Crippen LogP contribution is -2.08. The number of sulfone groups is 1. The molecular weight excluding hydrogens is 198 g/mol. The molecular formula is C10H9NO2S. The monoisotopic (exact) mass is 207 g/mol. The minimum absolute atomic E-state index is 0.305. The Bertz CT molecular complexity index is 473. The Labute approximate surface area is 82.9 Å². The number of nitrogens with zero attached hydrogens (tertiary/aromatic N) is 1. The fourth-order valence-corrected chi connectivity index (χ4v) is 3.28. The molecule has 0 bridgehead atoms. The highest BCUT2D eigenvalue weighted by Crippen LogP contribution is 2.39. The first-order valence-electron chi connectivity index (χ1n) is 4.35. The van der Waals surface area contributed by atoms with E-state index in [1.165, 1.54) is 0 Å². The van der Waals surface area contributed by atoms with Crippen LogP contribution in [0, 0.1) is 17.2 Å². The van der Waals surface area contributed by atoms with Crippen molar-refractivity contribution in [2.45, 2.75) is 16.6 Å². The van der Waals surface area contributed by atoms with Gasteiger partial charge in [0.15, 0.2) is 9.84 Å². The van der Waals surface area contributed by atoms with Gasteiger partial charge in [-0.3, -0.25) is 0 Å². The fourth-order valence-electron chi connectivity index (χ4n) is 1.44. The predicted octanol–water partition coefficient (Wildman–Crippen LogP) is 1.37. The van der Waals surface area contributed by atoms with Crippen molar-refractivity contribution in [2.24, 2.45) is 5.92 Å². The Balaban J connectivity index is 2.33. The smallest absolute Gasteiger partial charge is 0.182 e. The Morgan fingerprint density at radius 1 is 1.29 bits per heavy atom. The maximum absolute atomic E-state index is 11.8. The van der Waals surface area contributed by atoms with Gasteiger partial charge in [0.05, 0.1) is 22.1 Å². The van der Waals surface area contributed by atoms with Crippen molar-refractivity contribution >= 4 is 9.84 Å². The zero-order chi connectivity index (χ0) is 10.2. The molecule has 2 atom stereocenters. The van der Waals surface area contributed by atoms with Crippen LogP contribution < -0.4 is 0 Å². The molecule has 0 radical (unpaired) electrons. The highest BCUT2D eigenvalue weighted by Gasteiger charge is 2.48. The fraction of sp³-hybridized carbons (Fsp3) is 0.300. The van der Waals surface area contributed by atoms with Gasteiger partial charge in [0.1, 0.15) is 0 Å². The Morgan fingerprint density at radius 3 is 2.43 bits per heavy atom. The average molecular weight is 207 g/mol. The van der Waals surface area contributed by atoms with E-state index in [2.05, 4.69) is 0 Å². The largest absolute Gasteiger partial charge is 0.223 e. The summed E-state index contributed by atoms with van der Waals surface area (Å²) in [6, 6.07) is 10.3. The summed E-state index contributed by atoms with van der Waals surface area (Å²) in [7, 11) is -3.25. The van der Waals surface area contributed by atoms with E-state index >= 15 is 0 Å². The normalized spacial score (nSPS) is 25.4. The standard InChI is InChI=1S/C10H9NO2S/c11-7-8-6-10(8)14(12,13)9-4-2-1-3-5-9/h1-5,8,10H,6H2/t8-,10+/m0/s1. The van der Waals surface area contributed by atoms with E-state index < -0.39 is 15.1 Å². The molecule has 14 heavy (non-hydrogen) atoms. The van der Waals surface area contributed by atoms with Crippen LogP contribution in [0.5, 0.6) is 0 Å². The van der Waals surface area contributed by atoms with Crippen molar-refractivity contribution in [1.29, 1.82) is 5.26 Å². The van der Waals surface area contributed by atoms with E-state index in [0.717, 1.165) is 0 Å². The summed E-state index contributed by atoms with van der Waals surface area (Å²) in [6.45, 7) is 0. The van der Waals surface area contributed by atoms with Crippen LogP contribution in [-0.4, -0.2) is 13.7 Å². The molecule has 1 aliphatic rings. The third-order valence-electron chi connectivity index (χ3n) is 2.37. The van der Waals surface area contributed by atoms with Crippen molar-refractivity contribution in [2.75, 3.05) is 0 Å². The van der Waals surface area contributed by atoms with Crippen molar-refractivity contribution in [3.05, 3.63) is 30.3 Å². The van der Waals surface area contributed by atoms with E-state index in [-0.39, 0.29) is 5.92 Å². The highest BCUT2D eigenvalue weighted by atomic mass is 32.2. The molecule has 72 valence electrons. The van der Waals surface area contributed by atoms with Gasteiger partial charge in [0.2, 0.25) is 0 Å². The van der Waals surface area contributed by atoms with Crippen LogP contribution in [0.1, 0.15) is 6.42 Å². The zero-order valence-electron chi connectivity index (χ0n) is 7.42. The summed E-state index contributed by atoms with van der Waals surface area (Å²) in [5.74, 6) is -0.305. The molecule has 0 aromatic heterocycles. The summed E-state index contributed by atoms with van der Waals surface area (Å²) in [5.41, 5.74) is 0. The molecule has 0 aliphatic heterocycles. The summed E-state index contributed by atoms with van der Waals surface area (Å²) in [4.78, 5) is 0.322. The molecule has 1 aromatic rings. The van der Waals surface area contributed by atoms with Crippen LogP contribution in [0.25, 0.3) is 0 Å². The summed E-state index contributed by atoms with van der Waals surface area (Å²) >= 11 is 0. The topological polar surface area (TPSA) is 57.9 Å². The number of rotatable bonds is 2. The Morgan fingerprint density at radius 2 is 1.93 bits per heavy atom. The lowest BCUT2D eigenvalue weighted by Gasteiger charge is -2.00. The van der Waals surface area contributed by atoms with Gasteiger partial charge in [-0.2, -0.15) is 5.26 Å². The van der Waals surface area contributed by atoms with Crippen LogP contribution in [0.2, 0.25) is 0 Å². The number of hydrogen-bond donors (Lipinski definition) is 0. The van der Waals surface area contributed by atoms with Gasteiger partial charge in [0, 0.05) is 0 Å².